The average molecular weight is 501 g/mol. The van der Waals surface area contributed by atoms with E-state index in [0.29, 0.717) is 18.8 Å². The number of hydrogen-bond acceptors (Lipinski definition) is 2. The van der Waals surface area contributed by atoms with Crippen molar-refractivity contribution in [3.8, 4) is 0 Å². The van der Waals surface area contributed by atoms with Crippen LogP contribution in [0.2, 0.25) is 0 Å². The molecule has 2 rings (SSSR count). The third kappa shape index (κ3) is 6.38. The summed E-state index contributed by atoms with van der Waals surface area (Å²) in [6.45, 7) is 12.1. The van der Waals surface area contributed by atoms with Crippen molar-refractivity contribution in [2.45, 2.75) is 117 Å². The predicted octanol–water partition coefficient (Wildman–Crippen LogP) is 8.43. The summed E-state index contributed by atoms with van der Waals surface area (Å²) in [7, 11) is 0. The third-order valence-corrected chi connectivity index (χ3v) is 8.04. The lowest BCUT2D eigenvalue weighted by Gasteiger charge is -2.48. The van der Waals surface area contributed by atoms with Crippen LogP contribution in [0.25, 0.3) is 0 Å². The summed E-state index contributed by atoms with van der Waals surface area (Å²) in [4.78, 5) is 12.5. The van der Waals surface area contributed by atoms with Gasteiger partial charge < -0.3 is 5.11 Å². The fourth-order valence-electron chi connectivity index (χ4n) is 6.26. The fraction of sp³-hybridized carbons (Fsp3) is 0.885. The number of allylic oxidation sites excluding steroid dienone is 1. The molecule has 2 nitrogen and oxygen atoms in total. The van der Waals surface area contributed by atoms with Gasteiger partial charge in [-0.2, -0.15) is 26.3 Å². The molecule has 2 aliphatic rings. The molecule has 34 heavy (non-hydrogen) atoms. The second-order valence-corrected chi connectivity index (χ2v) is 10.8. The summed E-state index contributed by atoms with van der Waals surface area (Å²) in [6.07, 6.45) is -5.06. The Bertz CT molecular complexity index is 682. The van der Waals surface area contributed by atoms with Gasteiger partial charge in [0.05, 0.1) is 0 Å². The molecule has 0 bridgehead atoms. The Kier molecular flexibility index (Phi) is 10.3. The lowest BCUT2D eigenvalue weighted by atomic mass is 9.56. The van der Waals surface area contributed by atoms with Gasteiger partial charge in [0.15, 0.2) is 0 Å². The van der Waals surface area contributed by atoms with E-state index in [9.17, 15) is 36.2 Å². The number of carbonyl (C=O) groups is 1. The summed E-state index contributed by atoms with van der Waals surface area (Å²) >= 11 is 0. The second kappa shape index (κ2) is 11.3. The highest BCUT2D eigenvalue weighted by Crippen LogP contribution is 2.61. The number of hydrogen-bond donors (Lipinski definition) is 1. The van der Waals surface area contributed by atoms with Crippen molar-refractivity contribution in [2.24, 2.45) is 28.6 Å². The lowest BCUT2D eigenvalue weighted by molar-refractivity contribution is -0.347. The van der Waals surface area contributed by atoms with Crippen LogP contribution in [0.15, 0.2) is 12.2 Å². The van der Waals surface area contributed by atoms with E-state index in [1.54, 1.807) is 0 Å². The number of rotatable bonds is 8. The molecule has 2 fully saturated rings. The third-order valence-electron chi connectivity index (χ3n) is 8.04. The Balaban J connectivity index is 0.00000281. The number of Topliss-reactive ketones (excluding diaryl/α,β-unsaturated/α-hetero) is 1. The molecule has 8 heteroatoms. The Labute approximate surface area is 200 Å². The van der Waals surface area contributed by atoms with Gasteiger partial charge in [0.1, 0.15) is 5.78 Å². The molecule has 2 aliphatic carbocycles. The van der Waals surface area contributed by atoms with E-state index in [2.05, 4.69) is 20.8 Å². The largest absolute Gasteiger partial charge is 0.429 e. The smallest absolute Gasteiger partial charge is 0.370 e. The molecule has 1 N–H and O–H groups in total. The SMILES string of the molecule is CC.CC(C)CCC[C@@](C)(C/C=C/C(O)(C(F)(F)F)C(F)(F)F)[C@H]1CCC2C(=O)CCC[C@@]21C. The highest BCUT2D eigenvalue weighted by Gasteiger charge is 2.69. The zero-order valence-electron chi connectivity index (χ0n) is 21.4. The monoisotopic (exact) mass is 500 g/mol. The first-order chi connectivity index (χ1) is 15.5. The molecule has 0 saturated heterocycles. The van der Waals surface area contributed by atoms with Crippen molar-refractivity contribution < 1.29 is 36.2 Å². The van der Waals surface area contributed by atoms with Crippen LogP contribution in [0.4, 0.5) is 26.3 Å². The second-order valence-electron chi connectivity index (χ2n) is 10.8. The van der Waals surface area contributed by atoms with Crippen LogP contribution in [-0.2, 0) is 4.79 Å². The number of aliphatic hydroxyl groups is 1. The lowest BCUT2D eigenvalue weighted by Crippen LogP contribution is -2.55. The van der Waals surface area contributed by atoms with E-state index in [-0.39, 0.29) is 35.5 Å². The van der Waals surface area contributed by atoms with E-state index in [0.717, 1.165) is 44.6 Å². The van der Waals surface area contributed by atoms with Crippen LogP contribution in [-0.4, -0.2) is 28.8 Å². The first-order valence-corrected chi connectivity index (χ1v) is 12.5. The fourth-order valence-corrected chi connectivity index (χ4v) is 6.26. The minimum absolute atomic E-state index is 0.0132. The number of alkyl halides is 6. The zero-order chi connectivity index (χ0) is 26.6. The molecule has 0 heterocycles. The zero-order valence-corrected chi connectivity index (χ0v) is 21.4. The molecule has 0 radical (unpaired) electrons. The maximum absolute atomic E-state index is 13.1. The molecule has 1 unspecified atom stereocenters. The van der Waals surface area contributed by atoms with Gasteiger partial charge in [0.2, 0.25) is 0 Å². The standard InChI is InChI=1S/C24H36F6O2.C2H6/c1-16(2)8-5-12-20(3,13-7-15-22(32,23(25,26)27)24(28,29)30)19-11-10-17-18(31)9-6-14-21(17,19)4;1-2/h7,15-17,19,32H,5-6,8-14H2,1-4H3;1-2H3/b15-7+;/t17?,19-,20+,21+;/m1./s1. The maximum atomic E-state index is 13.1. The normalized spacial score (nSPS) is 28.0. The van der Waals surface area contributed by atoms with Crippen molar-refractivity contribution in [3.63, 3.8) is 0 Å². The van der Waals surface area contributed by atoms with Crippen LogP contribution in [0.1, 0.15) is 99.3 Å². The van der Waals surface area contributed by atoms with Gasteiger partial charge in [-0.3, -0.25) is 4.79 Å². The Morgan fingerprint density at radius 1 is 1.09 bits per heavy atom. The number of halogens is 6. The van der Waals surface area contributed by atoms with E-state index in [1.165, 1.54) is 0 Å². The molecule has 0 aromatic heterocycles. The van der Waals surface area contributed by atoms with Gasteiger partial charge in [-0.05, 0) is 67.3 Å². The van der Waals surface area contributed by atoms with Gasteiger partial charge >= 0.3 is 12.4 Å². The van der Waals surface area contributed by atoms with Crippen LogP contribution in [0.3, 0.4) is 0 Å². The van der Waals surface area contributed by atoms with Crippen molar-refractivity contribution in [3.05, 3.63) is 12.2 Å². The molecule has 0 aliphatic heterocycles. The number of carbonyl (C=O) groups excluding carboxylic acids is 1. The molecule has 0 aromatic rings. The summed E-state index contributed by atoms with van der Waals surface area (Å²) < 4.78 is 78.5. The van der Waals surface area contributed by atoms with Gasteiger partial charge in [-0.15, -0.1) is 0 Å². The molecule has 4 atom stereocenters. The summed E-state index contributed by atoms with van der Waals surface area (Å²) in [5, 5.41) is 9.49. The van der Waals surface area contributed by atoms with E-state index in [1.807, 2.05) is 20.8 Å². The highest BCUT2D eigenvalue weighted by molar-refractivity contribution is 5.83. The molecule has 0 spiro atoms. The number of fused-ring (bicyclic) bond motifs is 1. The maximum Gasteiger partial charge on any atom is 0.429 e. The number of ketones is 1. The van der Waals surface area contributed by atoms with Crippen molar-refractivity contribution in [1.82, 2.24) is 0 Å². The molecule has 200 valence electrons. The summed E-state index contributed by atoms with van der Waals surface area (Å²) in [6, 6.07) is 0. The van der Waals surface area contributed by atoms with Gasteiger partial charge in [0.25, 0.3) is 5.60 Å². The van der Waals surface area contributed by atoms with E-state index < -0.39 is 23.4 Å². The summed E-state index contributed by atoms with van der Waals surface area (Å²) in [5.41, 5.74) is -5.73. The molecule has 0 aromatic carbocycles. The average Bonchev–Trinajstić information content (AvgIpc) is 3.06. The topological polar surface area (TPSA) is 37.3 Å². The van der Waals surface area contributed by atoms with Crippen molar-refractivity contribution in [1.29, 1.82) is 0 Å². The molecule has 2 saturated carbocycles. The molecule has 0 amide bonds. The minimum Gasteiger partial charge on any atom is -0.370 e. The predicted molar refractivity (Wildman–Crippen MR) is 122 cm³/mol. The summed E-state index contributed by atoms with van der Waals surface area (Å²) in [5.74, 6) is 0.589. The van der Waals surface area contributed by atoms with Crippen molar-refractivity contribution in [2.75, 3.05) is 0 Å². The quantitative estimate of drug-likeness (QED) is 0.268. The highest BCUT2D eigenvalue weighted by atomic mass is 19.4. The van der Waals surface area contributed by atoms with Crippen LogP contribution in [0.5, 0.6) is 0 Å². The Hall–Kier alpha value is -1.05. The van der Waals surface area contributed by atoms with Crippen LogP contribution >= 0.6 is 0 Å². The van der Waals surface area contributed by atoms with Crippen LogP contribution in [0, 0.1) is 28.6 Å². The van der Waals surface area contributed by atoms with Gasteiger partial charge in [-0.1, -0.05) is 60.5 Å². The molecular weight excluding hydrogens is 458 g/mol. The van der Waals surface area contributed by atoms with Gasteiger partial charge in [-0.25, -0.2) is 0 Å². The van der Waals surface area contributed by atoms with E-state index in [4.69, 9.17) is 0 Å². The van der Waals surface area contributed by atoms with Gasteiger partial charge in [0, 0.05) is 12.3 Å². The Morgan fingerprint density at radius 2 is 1.65 bits per heavy atom. The first kappa shape index (κ1) is 31.0. The van der Waals surface area contributed by atoms with Crippen LogP contribution < -0.4 is 0 Å². The minimum atomic E-state index is -5.87. The Morgan fingerprint density at radius 3 is 2.15 bits per heavy atom. The first-order valence-electron chi connectivity index (χ1n) is 12.5. The molecular formula is C26H42F6O2. The van der Waals surface area contributed by atoms with E-state index >= 15 is 0 Å². The van der Waals surface area contributed by atoms with Crippen molar-refractivity contribution >= 4 is 5.78 Å².